The Labute approximate surface area is 155 Å². The number of benzene rings is 1. The Morgan fingerprint density at radius 1 is 1.04 bits per heavy atom. The molecular weight excluding hydrogens is 384 g/mol. The molecule has 1 aromatic rings. The highest BCUT2D eigenvalue weighted by Crippen LogP contribution is 2.40. The number of likely N-dealkylation sites (N-methyl/N-ethyl adjacent to an activating group) is 1. The van der Waals surface area contributed by atoms with Crippen LogP contribution in [0, 0.1) is 0 Å². The summed E-state index contributed by atoms with van der Waals surface area (Å²) in [7, 11) is 1.65. The Morgan fingerprint density at radius 3 is 2.00 bits per heavy atom. The maximum atomic E-state index is 12.1. The number of carbonyl (C=O) groups is 2. The summed E-state index contributed by atoms with van der Waals surface area (Å²) in [6, 6.07) is 1.43. The average Bonchev–Trinajstić information content (AvgIpc) is 2.40. The van der Waals surface area contributed by atoms with E-state index in [1.165, 1.54) is 6.07 Å². The van der Waals surface area contributed by atoms with E-state index >= 15 is 0 Å². The van der Waals surface area contributed by atoms with Crippen LogP contribution in [0.2, 0.25) is 20.1 Å². The smallest absolute Gasteiger partial charge is 0.238 e. The Morgan fingerprint density at radius 2 is 1.52 bits per heavy atom. The SMILES string of the molecule is CC(C)NC(=O)CN(C)CC(=O)Nc1c(Cl)c(Cl)cc(Cl)c1Cl. The van der Waals surface area contributed by atoms with Crippen LogP contribution in [-0.2, 0) is 9.59 Å². The number of carbonyl (C=O) groups excluding carboxylic acids is 2. The fourth-order valence-corrected chi connectivity index (χ4v) is 2.68. The lowest BCUT2D eigenvalue weighted by atomic mass is 10.3. The van der Waals surface area contributed by atoms with Crippen LogP contribution in [0.25, 0.3) is 0 Å². The van der Waals surface area contributed by atoms with Gasteiger partial charge in [-0.05, 0) is 27.0 Å². The highest BCUT2D eigenvalue weighted by atomic mass is 35.5. The van der Waals surface area contributed by atoms with Crippen LogP contribution in [0.1, 0.15) is 13.8 Å². The second kappa shape index (κ2) is 8.94. The molecule has 0 fully saturated rings. The molecule has 0 saturated carbocycles. The van der Waals surface area contributed by atoms with Gasteiger partial charge in [-0.1, -0.05) is 46.4 Å². The van der Waals surface area contributed by atoms with Gasteiger partial charge in [0.05, 0.1) is 38.9 Å². The van der Waals surface area contributed by atoms with E-state index < -0.39 is 5.91 Å². The first-order valence-corrected chi connectivity index (χ1v) is 8.23. The maximum Gasteiger partial charge on any atom is 0.238 e. The zero-order valence-electron chi connectivity index (χ0n) is 12.8. The third-order valence-corrected chi connectivity index (χ3v) is 4.23. The average molecular weight is 401 g/mol. The molecule has 0 aromatic heterocycles. The van der Waals surface area contributed by atoms with E-state index in [2.05, 4.69) is 10.6 Å². The first kappa shape index (κ1) is 20.3. The number of amides is 2. The van der Waals surface area contributed by atoms with Gasteiger partial charge in [0.15, 0.2) is 0 Å². The molecule has 0 heterocycles. The van der Waals surface area contributed by atoms with Crippen molar-refractivity contribution in [1.29, 1.82) is 0 Å². The molecule has 0 saturated heterocycles. The van der Waals surface area contributed by atoms with E-state index in [4.69, 9.17) is 46.4 Å². The summed E-state index contributed by atoms with van der Waals surface area (Å²) in [6.07, 6.45) is 0. The summed E-state index contributed by atoms with van der Waals surface area (Å²) in [5.41, 5.74) is 0.149. The number of hydrogen-bond donors (Lipinski definition) is 2. The lowest BCUT2D eigenvalue weighted by Crippen LogP contribution is -2.41. The molecule has 0 aliphatic rings. The molecular formula is C14H17Cl4N3O2. The molecule has 9 heteroatoms. The van der Waals surface area contributed by atoms with Crippen molar-refractivity contribution >= 4 is 63.9 Å². The monoisotopic (exact) mass is 399 g/mol. The number of hydrogen-bond acceptors (Lipinski definition) is 3. The first-order valence-electron chi connectivity index (χ1n) is 6.72. The van der Waals surface area contributed by atoms with Crippen molar-refractivity contribution in [3.63, 3.8) is 0 Å². The van der Waals surface area contributed by atoms with Crippen molar-refractivity contribution in [2.45, 2.75) is 19.9 Å². The molecule has 23 heavy (non-hydrogen) atoms. The quantitative estimate of drug-likeness (QED) is 0.715. The molecule has 0 atom stereocenters. The van der Waals surface area contributed by atoms with Gasteiger partial charge in [0.25, 0.3) is 0 Å². The number of anilines is 1. The fraction of sp³-hybridized carbons (Fsp3) is 0.429. The molecule has 0 unspecified atom stereocenters. The second-order valence-electron chi connectivity index (χ2n) is 5.29. The predicted octanol–water partition coefficient (Wildman–Crippen LogP) is 3.70. The highest BCUT2D eigenvalue weighted by molar-refractivity contribution is 6.50. The summed E-state index contributed by atoms with van der Waals surface area (Å²) in [6.45, 7) is 3.78. The molecule has 2 N–H and O–H groups in total. The molecule has 0 bridgehead atoms. The molecule has 2 amide bonds. The van der Waals surface area contributed by atoms with Crippen LogP contribution in [0.5, 0.6) is 0 Å². The minimum Gasteiger partial charge on any atom is -0.353 e. The van der Waals surface area contributed by atoms with Gasteiger partial charge in [0.1, 0.15) is 0 Å². The lowest BCUT2D eigenvalue weighted by molar-refractivity contribution is -0.123. The molecule has 5 nitrogen and oxygen atoms in total. The van der Waals surface area contributed by atoms with E-state index in [-0.39, 0.29) is 50.8 Å². The Kier molecular flexibility index (Phi) is 7.90. The Bertz CT molecular complexity index is 582. The Hall–Kier alpha value is -0.720. The number of nitrogens with one attached hydrogen (secondary N) is 2. The normalized spacial score (nSPS) is 11.0. The summed E-state index contributed by atoms with van der Waals surface area (Å²) in [5.74, 6) is -0.566. The van der Waals surface area contributed by atoms with Crippen molar-refractivity contribution in [1.82, 2.24) is 10.2 Å². The topological polar surface area (TPSA) is 61.4 Å². The fourth-order valence-electron chi connectivity index (χ4n) is 1.78. The van der Waals surface area contributed by atoms with Crippen molar-refractivity contribution in [3.05, 3.63) is 26.2 Å². The van der Waals surface area contributed by atoms with Gasteiger partial charge in [-0.15, -0.1) is 0 Å². The van der Waals surface area contributed by atoms with Crippen molar-refractivity contribution in [2.75, 3.05) is 25.5 Å². The lowest BCUT2D eigenvalue weighted by Gasteiger charge is -2.18. The van der Waals surface area contributed by atoms with E-state index in [0.29, 0.717) is 0 Å². The van der Waals surface area contributed by atoms with Gasteiger partial charge in [0.2, 0.25) is 11.8 Å². The van der Waals surface area contributed by atoms with Crippen molar-refractivity contribution in [3.8, 4) is 0 Å². The van der Waals surface area contributed by atoms with Crippen LogP contribution < -0.4 is 10.6 Å². The van der Waals surface area contributed by atoms with Crippen LogP contribution in [0.4, 0.5) is 5.69 Å². The maximum absolute atomic E-state index is 12.1. The van der Waals surface area contributed by atoms with Crippen molar-refractivity contribution < 1.29 is 9.59 Å². The van der Waals surface area contributed by atoms with Gasteiger partial charge in [-0.25, -0.2) is 0 Å². The molecule has 1 aromatic carbocycles. The number of nitrogens with zero attached hydrogens (tertiary/aromatic N) is 1. The van der Waals surface area contributed by atoms with Crippen LogP contribution in [-0.4, -0.2) is 42.9 Å². The van der Waals surface area contributed by atoms with E-state index in [1.807, 2.05) is 13.8 Å². The zero-order valence-corrected chi connectivity index (χ0v) is 15.9. The van der Waals surface area contributed by atoms with E-state index in [0.717, 1.165) is 0 Å². The van der Waals surface area contributed by atoms with Crippen LogP contribution >= 0.6 is 46.4 Å². The van der Waals surface area contributed by atoms with Gasteiger partial charge < -0.3 is 10.6 Å². The Balaban J connectivity index is 2.69. The third kappa shape index (κ3) is 6.36. The predicted molar refractivity (Wildman–Crippen MR) is 95.9 cm³/mol. The largest absolute Gasteiger partial charge is 0.353 e. The standard InChI is InChI=1S/C14H17Cl4N3O2/c1-7(2)19-10(22)5-21(3)6-11(23)20-14-12(17)8(15)4-9(16)13(14)18/h4,7H,5-6H2,1-3H3,(H,19,22)(H,20,23). The highest BCUT2D eigenvalue weighted by Gasteiger charge is 2.18. The molecule has 0 aliphatic carbocycles. The molecule has 0 aliphatic heterocycles. The van der Waals surface area contributed by atoms with Crippen LogP contribution in [0.3, 0.4) is 0 Å². The second-order valence-corrected chi connectivity index (χ2v) is 6.86. The van der Waals surface area contributed by atoms with Gasteiger partial charge in [0, 0.05) is 6.04 Å². The molecule has 128 valence electrons. The van der Waals surface area contributed by atoms with Crippen molar-refractivity contribution in [2.24, 2.45) is 0 Å². The van der Waals surface area contributed by atoms with E-state index in [9.17, 15) is 9.59 Å². The summed E-state index contributed by atoms with van der Waals surface area (Å²) in [5, 5.41) is 5.88. The van der Waals surface area contributed by atoms with Gasteiger partial charge in [-0.2, -0.15) is 0 Å². The minimum absolute atomic E-state index is 0.0255. The third-order valence-electron chi connectivity index (χ3n) is 2.65. The van der Waals surface area contributed by atoms with Gasteiger partial charge in [-0.3, -0.25) is 14.5 Å². The summed E-state index contributed by atoms with van der Waals surface area (Å²) >= 11 is 23.9. The molecule has 0 spiro atoms. The minimum atomic E-state index is -0.396. The van der Waals surface area contributed by atoms with Gasteiger partial charge >= 0.3 is 0 Å². The first-order chi connectivity index (χ1) is 10.6. The molecule has 1 rings (SSSR count). The number of halogens is 4. The summed E-state index contributed by atoms with van der Waals surface area (Å²) < 4.78 is 0. The van der Waals surface area contributed by atoms with Crippen LogP contribution in [0.15, 0.2) is 6.07 Å². The number of rotatable bonds is 6. The van der Waals surface area contributed by atoms with E-state index in [1.54, 1.807) is 11.9 Å². The zero-order chi connectivity index (χ0) is 17.7. The molecule has 0 radical (unpaired) electrons. The summed E-state index contributed by atoms with van der Waals surface area (Å²) in [4.78, 5) is 25.3.